The van der Waals surface area contributed by atoms with Crippen molar-refractivity contribution in [3.8, 4) is 0 Å². The van der Waals surface area contributed by atoms with E-state index < -0.39 is 0 Å². The normalized spacial score (nSPS) is 12.1. The second kappa shape index (κ2) is 4.64. The number of aromatic nitrogens is 1. The molecule has 0 radical (unpaired) electrons. The second-order valence-corrected chi connectivity index (χ2v) is 3.86. The first-order valence-electron chi connectivity index (χ1n) is 4.18. The van der Waals surface area contributed by atoms with Gasteiger partial charge in [-0.3, -0.25) is 0 Å². The number of aryl methyl sites for hydroxylation is 1. The monoisotopic (exact) mass is 228 g/mol. The second-order valence-electron chi connectivity index (χ2n) is 3.08. The number of nitrogens with two attached hydrogens (primary N) is 1. The van der Waals surface area contributed by atoms with Gasteiger partial charge in [0.05, 0.1) is 6.04 Å². The molecule has 0 spiro atoms. The van der Waals surface area contributed by atoms with Gasteiger partial charge in [-0.25, -0.2) is 0 Å². The van der Waals surface area contributed by atoms with Crippen LogP contribution in [-0.2, 0) is 7.05 Å². The highest BCUT2D eigenvalue weighted by Gasteiger charge is 2.10. The van der Waals surface area contributed by atoms with Crippen LogP contribution in [0.25, 0.3) is 0 Å². The molecule has 0 aliphatic carbocycles. The van der Waals surface area contributed by atoms with E-state index in [-0.39, 0.29) is 18.4 Å². The van der Waals surface area contributed by atoms with Gasteiger partial charge in [-0.05, 0) is 34.5 Å². The maximum atomic E-state index is 6.09. The van der Waals surface area contributed by atoms with Crippen LogP contribution in [0.4, 0.5) is 0 Å². The van der Waals surface area contributed by atoms with E-state index in [0.29, 0.717) is 0 Å². The van der Waals surface area contributed by atoms with Crippen molar-refractivity contribution in [3.05, 3.63) is 46.4 Å². The van der Waals surface area contributed by atoms with Crippen LogP contribution in [0, 0.1) is 0 Å². The maximum absolute atomic E-state index is 6.09. The molecule has 2 aromatic rings. The largest absolute Gasteiger partial charge is 0.353 e. The number of halogens is 1. The van der Waals surface area contributed by atoms with Crippen molar-refractivity contribution in [3.63, 3.8) is 0 Å². The summed E-state index contributed by atoms with van der Waals surface area (Å²) in [6.45, 7) is 0. The first-order valence-corrected chi connectivity index (χ1v) is 5.12. The van der Waals surface area contributed by atoms with Gasteiger partial charge in [0.2, 0.25) is 0 Å². The number of nitrogens with zero attached hydrogens (tertiary/aromatic N) is 1. The van der Waals surface area contributed by atoms with Crippen molar-refractivity contribution >= 4 is 23.7 Å². The molecular weight excluding hydrogens is 216 g/mol. The smallest absolute Gasteiger partial charge is 0.0714 e. The van der Waals surface area contributed by atoms with Gasteiger partial charge >= 0.3 is 0 Å². The van der Waals surface area contributed by atoms with Crippen LogP contribution in [0.3, 0.4) is 0 Å². The summed E-state index contributed by atoms with van der Waals surface area (Å²) in [5.41, 5.74) is 8.43. The Kier molecular flexibility index (Phi) is 3.75. The summed E-state index contributed by atoms with van der Waals surface area (Å²) >= 11 is 1.68. The third-order valence-electron chi connectivity index (χ3n) is 2.20. The average molecular weight is 229 g/mol. The van der Waals surface area contributed by atoms with Gasteiger partial charge in [0.1, 0.15) is 0 Å². The van der Waals surface area contributed by atoms with Gasteiger partial charge in [0, 0.05) is 18.9 Å². The third kappa shape index (κ3) is 2.00. The molecule has 0 fully saturated rings. The van der Waals surface area contributed by atoms with Crippen LogP contribution in [0.15, 0.2) is 35.2 Å². The lowest BCUT2D eigenvalue weighted by Gasteiger charge is -2.10. The van der Waals surface area contributed by atoms with E-state index in [4.69, 9.17) is 5.73 Å². The number of thiophene rings is 1. The molecule has 2 nitrogen and oxygen atoms in total. The van der Waals surface area contributed by atoms with Crippen LogP contribution >= 0.6 is 23.7 Å². The van der Waals surface area contributed by atoms with E-state index in [2.05, 4.69) is 27.5 Å². The molecule has 2 rings (SSSR count). The minimum absolute atomic E-state index is 0. The number of hydrogen-bond donors (Lipinski definition) is 1. The van der Waals surface area contributed by atoms with Crippen LogP contribution in [0.5, 0.6) is 0 Å². The molecule has 0 aliphatic heterocycles. The van der Waals surface area contributed by atoms with E-state index >= 15 is 0 Å². The summed E-state index contributed by atoms with van der Waals surface area (Å²) in [5, 5.41) is 4.15. The average Bonchev–Trinajstić information content (AvgIpc) is 2.72. The predicted octanol–water partition coefficient (Wildman–Crippen LogP) is 2.56. The maximum Gasteiger partial charge on any atom is 0.0714 e. The van der Waals surface area contributed by atoms with Gasteiger partial charge in [0.15, 0.2) is 0 Å². The first kappa shape index (κ1) is 11.3. The Morgan fingerprint density at radius 1 is 1.43 bits per heavy atom. The van der Waals surface area contributed by atoms with Crippen molar-refractivity contribution in [1.82, 2.24) is 4.57 Å². The Labute approximate surface area is 93.8 Å². The Balaban J connectivity index is 0.000000980. The summed E-state index contributed by atoms with van der Waals surface area (Å²) in [7, 11) is 2.02. The lowest BCUT2D eigenvalue weighted by Crippen LogP contribution is -2.14. The zero-order valence-corrected chi connectivity index (χ0v) is 9.52. The molecule has 4 heteroatoms. The Morgan fingerprint density at radius 2 is 2.21 bits per heavy atom. The summed E-state index contributed by atoms with van der Waals surface area (Å²) in [6.07, 6.45) is 2.02. The fourth-order valence-electron chi connectivity index (χ4n) is 1.42. The van der Waals surface area contributed by atoms with Gasteiger partial charge < -0.3 is 10.3 Å². The highest BCUT2D eigenvalue weighted by molar-refractivity contribution is 7.07. The zero-order valence-electron chi connectivity index (χ0n) is 7.88. The quantitative estimate of drug-likeness (QED) is 0.842. The van der Waals surface area contributed by atoms with E-state index in [9.17, 15) is 0 Å². The molecule has 0 unspecified atom stereocenters. The summed E-state index contributed by atoms with van der Waals surface area (Å²) in [6, 6.07) is 6.15. The number of hydrogen-bond acceptors (Lipinski definition) is 2. The summed E-state index contributed by atoms with van der Waals surface area (Å²) < 4.78 is 2.06. The van der Waals surface area contributed by atoms with E-state index in [1.54, 1.807) is 11.3 Å². The molecule has 76 valence electrons. The van der Waals surface area contributed by atoms with Crippen molar-refractivity contribution in [1.29, 1.82) is 0 Å². The molecule has 2 aromatic heterocycles. The lowest BCUT2D eigenvalue weighted by molar-refractivity contribution is 0.749. The Bertz CT molecular complexity index is 380. The molecule has 0 saturated heterocycles. The third-order valence-corrected chi connectivity index (χ3v) is 2.91. The van der Waals surface area contributed by atoms with Gasteiger partial charge in [-0.2, -0.15) is 11.3 Å². The van der Waals surface area contributed by atoms with Crippen molar-refractivity contribution in [2.24, 2.45) is 12.8 Å². The Morgan fingerprint density at radius 3 is 2.71 bits per heavy atom. The standard InChI is InChI=1S/C10H12N2S.ClH/c1-12-5-2-3-9(12)10(11)8-4-6-13-7-8;/h2-7,10H,11H2,1H3;1H/t10-;/m1./s1. The molecule has 0 aromatic carbocycles. The highest BCUT2D eigenvalue weighted by Crippen LogP contribution is 2.21. The lowest BCUT2D eigenvalue weighted by atomic mass is 10.1. The molecule has 2 heterocycles. The zero-order chi connectivity index (χ0) is 9.26. The number of rotatable bonds is 2. The molecule has 1 atom stereocenters. The van der Waals surface area contributed by atoms with Crippen molar-refractivity contribution < 1.29 is 0 Å². The topological polar surface area (TPSA) is 30.9 Å². The molecule has 0 bridgehead atoms. The van der Waals surface area contributed by atoms with Crippen molar-refractivity contribution in [2.45, 2.75) is 6.04 Å². The van der Waals surface area contributed by atoms with Crippen LogP contribution < -0.4 is 5.73 Å². The van der Waals surface area contributed by atoms with Crippen LogP contribution in [-0.4, -0.2) is 4.57 Å². The van der Waals surface area contributed by atoms with E-state index in [1.807, 2.05) is 19.3 Å². The SMILES string of the molecule is Cl.Cn1cccc1[C@H](N)c1ccsc1. The van der Waals surface area contributed by atoms with Gasteiger partial charge in [-0.15, -0.1) is 12.4 Å². The first-order chi connectivity index (χ1) is 6.29. The predicted molar refractivity (Wildman–Crippen MR) is 63.0 cm³/mol. The summed E-state index contributed by atoms with van der Waals surface area (Å²) in [4.78, 5) is 0. The van der Waals surface area contributed by atoms with E-state index in [0.717, 1.165) is 5.69 Å². The minimum atomic E-state index is 0. The van der Waals surface area contributed by atoms with E-state index in [1.165, 1.54) is 5.56 Å². The fourth-order valence-corrected chi connectivity index (χ4v) is 2.12. The molecule has 0 amide bonds. The molecule has 0 aliphatic rings. The van der Waals surface area contributed by atoms with Gasteiger partial charge in [0.25, 0.3) is 0 Å². The molecule has 0 saturated carbocycles. The van der Waals surface area contributed by atoms with Crippen LogP contribution in [0.1, 0.15) is 17.3 Å². The molecule has 2 N–H and O–H groups in total. The summed E-state index contributed by atoms with van der Waals surface area (Å²) in [5.74, 6) is 0. The van der Waals surface area contributed by atoms with Crippen molar-refractivity contribution in [2.75, 3.05) is 0 Å². The molecular formula is C10H13ClN2S. The van der Waals surface area contributed by atoms with Gasteiger partial charge in [-0.1, -0.05) is 0 Å². The highest BCUT2D eigenvalue weighted by atomic mass is 35.5. The molecule has 14 heavy (non-hydrogen) atoms. The Hall–Kier alpha value is -0.770. The fraction of sp³-hybridized carbons (Fsp3) is 0.200. The minimum Gasteiger partial charge on any atom is -0.353 e. The van der Waals surface area contributed by atoms with Crippen LogP contribution in [0.2, 0.25) is 0 Å².